The van der Waals surface area contributed by atoms with Crippen LogP contribution in [0.25, 0.3) is 0 Å². The molecule has 5 nitrogen and oxygen atoms in total. The van der Waals surface area contributed by atoms with Crippen LogP contribution in [0.3, 0.4) is 0 Å². The Morgan fingerprint density at radius 2 is 2.24 bits per heavy atom. The van der Waals surface area contributed by atoms with E-state index in [2.05, 4.69) is 20.2 Å². The summed E-state index contributed by atoms with van der Waals surface area (Å²) in [6.45, 7) is 2.38. The minimum absolute atomic E-state index is 0.634. The third-order valence-corrected chi connectivity index (χ3v) is 2.87. The van der Waals surface area contributed by atoms with Gasteiger partial charge in [0.1, 0.15) is 5.82 Å². The first-order valence-electron chi connectivity index (χ1n) is 6.06. The van der Waals surface area contributed by atoms with Crippen molar-refractivity contribution in [3.8, 4) is 0 Å². The summed E-state index contributed by atoms with van der Waals surface area (Å²) < 4.78 is 5.13. The lowest BCUT2D eigenvalue weighted by molar-refractivity contribution is 0.204. The first-order valence-corrected chi connectivity index (χ1v) is 6.06. The van der Waals surface area contributed by atoms with Crippen molar-refractivity contribution < 1.29 is 4.74 Å². The number of anilines is 1. The van der Waals surface area contributed by atoms with Crippen LogP contribution in [-0.4, -0.2) is 43.3 Å². The second-order valence-electron chi connectivity index (χ2n) is 4.31. The maximum Gasteiger partial charge on any atom is 0.147 e. The average molecular weight is 236 g/mol. The first kappa shape index (κ1) is 12.3. The van der Waals surface area contributed by atoms with Gasteiger partial charge in [0.15, 0.2) is 0 Å². The van der Waals surface area contributed by atoms with Crippen LogP contribution < -0.4 is 10.2 Å². The molecule has 17 heavy (non-hydrogen) atoms. The van der Waals surface area contributed by atoms with Crippen LogP contribution in [0, 0.1) is 0 Å². The lowest BCUT2D eigenvalue weighted by Crippen LogP contribution is -2.30. The zero-order valence-corrected chi connectivity index (χ0v) is 10.5. The number of rotatable bonds is 7. The molecule has 1 fully saturated rings. The second kappa shape index (κ2) is 5.93. The van der Waals surface area contributed by atoms with Gasteiger partial charge in [0, 0.05) is 26.2 Å². The van der Waals surface area contributed by atoms with Gasteiger partial charge in [-0.05, 0) is 19.9 Å². The molecule has 1 aromatic heterocycles. The fraction of sp³-hybridized carbons (Fsp3) is 0.667. The topological polar surface area (TPSA) is 50.3 Å². The van der Waals surface area contributed by atoms with Crippen molar-refractivity contribution in [3.05, 3.63) is 18.1 Å². The Morgan fingerprint density at radius 1 is 1.41 bits per heavy atom. The van der Waals surface area contributed by atoms with Crippen LogP contribution in [0.2, 0.25) is 0 Å². The molecule has 94 valence electrons. The van der Waals surface area contributed by atoms with E-state index in [4.69, 9.17) is 4.74 Å². The van der Waals surface area contributed by atoms with Crippen LogP contribution in [0.5, 0.6) is 0 Å². The van der Waals surface area contributed by atoms with Gasteiger partial charge in [0.25, 0.3) is 0 Å². The Kier molecular flexibility index (Phi) is 4.28. The molecule has 2 rings (SSSR count). The molecule has 1 aromatic rings. The number of methoxy groups -OCH3 is 1. The fourth-order valence-corrected chi connectivity index (χ4v) is 1.83. The Hall–Kier alpha value is -1.20. The highest BCUT2D eigenvalue weighted by Crippen LogP contribution is 2.29. The number of ether oxygens (including phenoxy) is 1. The van der Waals surface area contributed by atoms with Crippen LogP contribution >= 0.6 is 0 Å². The average Bonchev–Trinajstić information content (AvgIpc) is 3.16. The molecule has 1 saturated carbocycles. The van der Waals surface area contributed by atoms with Crippen molar-refractivity contribution in [2.75, 3.05) is 32.2 Å². The highest BCUT2D eigenvalue weighted by molar-refractivity contribution is 5.39. The first-order chi connectivity index (χ1) is 8.35. The van der Waals surface area contributed by atoms with Crippen LogP contribution in [-0.2, 0) is 11.3 Å². The Balaban J connectivity index is 2.01. The molecule has 1 aliphatic rings. The SMILES string of the molecule is CNCc1cnc(N(CCOC)C2CC2)cn1. The van der Waals surface area contributed by atoms with Gasteiger partial charge in [-0.25, -0.2) is 4.98 Å². The minimum atomic E-state index is 0.634. The molecule has 0 spiro atoms. The van der Waals surface area contributed by atoms with E-state index >= 15 is 0 Å². The Labute approximate surface area is 102 Å². The molecule has 0 amide bonds. The predicted octanol–water partition coefficient (Wildman–Crippen LogP) is 0.811. The lowest BCUT2D eigenvalue weighted by Gasteiger charge is -2.22. The van der Waals surface area contributed by atoms with E-state index in [1.807, 2.05) is 19.4 Å². The number of hydrogen-bond acceptors (Lipinski definition) is 5. The predicted molar refractivity (Wildman–Crippen MR) is 67.0 cm³/mol. The van der Waals surface area contributed by atoms with Crippen LogP contribution in [0.4, 0.5) is 5.82 Å². The van der Waals surface area contributed by atoms with Crippen LogP contribution in [0.1, 0.15) is 18.5 Å². The van der Waals surface area contributed by atoms with Crippen LogP contribution in [0.15, 0.2) is 12.4 Å². The summed E-state index contributed by atoms with van der Waals surface area (Å²) >= 11 is 0. The molecule has 5 heteroatoms. The van der Waals surface area contributed by atoms with Gasteiger partial charge in [0.2, 0.25) is 0 Å². The molecule has 1 N–H and O–H groups in total. The maximum atomic E-state index is 5.13. The molecule has 1 aliphatic carbocycles. The zero-order valence-electron chi connectivity index (χ0n) is 10.5. The van der Waals surface area contributed by atoms with E-state index < -0.39 is 0 Å². The summed E-state index contributed by atoms with van der Waals surface area (Å²) in [5.74, 6) is 0.962. The van der Waals surface area contributed by atoms with E-state index in [0.717, 1.165) is 31.2 Å². The largest absolute Gasteiger partial charge is 0.383 e. The van der Waals surface area contributed by atoms with Crippen molar-refractivity contribution in [1.29, 1.82) is 0 Å². The number of nitrogens with zero attached hydrogens (tertiary/aromatic N) is 3. The van der Waals surface area contributed by atoms with E-state index in [-0.39, 0.29) is 0 Å². The minimum Gasteiger partial charge on any atom is -0.383 e. The van der Waals surface area contributed by atoms with Gasteiger partial charge in [-0.1, -0.05) is 0 Å². The fourth-order valence-electron chi connectivity index (χ4n) is 1.83. The summed E-state index contributed by atoms with van der Waals surface area (Å²) in [6, 6.07) is 0.634. The Bertz CT molecular complexity index is 337. The van der Waals surface area contributed by atoms with Gasteiger partial charge in [0.05, 0.1) is 24.7 Å². The molecular weight excluding hydrogens is 216 g/mol. The molecule has 0 atom stereocenters. The standard InChI is InChI=1S/C12H20N4O/c1-13-7-10-8-15-12(9-14-10)16(5-6-17-2)11-3-4-11/h8-9,11,13H,3-7H2,1-2H3. The highest BCUT2D eigenvalue weighted by atomic mass is 16.5. The number of nitrogens with one attached hydrogen (secondary N) is 1. The van der Waals surface area contributed by atoms with Crippen molar-refractivity contribution in [2.24, 2.45) is 0 Å². The smallest absolute Gasteiger partial charge is 0.147 e. The van der Waals surface area contributed by atoms with Gasteiger partial charge in [-0.3, -0.25) is 4.98 Å². The molecule has 0 saturated heterocycles. The second-order valence-corrected chi connectivity index (χ2v) is 4.31. The molecule has 0 aliphatic heterocycles. The molecule has 0 unspecified atom stereocenters. The Morgan fingerprint density at radius 3 is 2.76 bits per heavy atom. The monoisotopic (exact) mass is 236 g/mol. The number of aromatic nitrogens is 2. The molecule has 0 aromatic carbocycles. The van der Waals surface area contributed by atoms with E-state index in [9.17, 15) is 0 Å². The lowest BCUT2D eigenvalue weighted by atomic mass is 10.4. The van der Waals surface area contributed by atoms with Crippen molar-refractivity contribution in [2.45, 2.75) is 25.4 Å². The molecule has 1 heterocycles. The number of hydrogen-bond donors (Lipinski definition) is 1. The maximum absolute atomic E-state index is 5.13. The van der Waals surface area contributed by atoms with Gasteiger partial charge in [-0.2, -0.15) is 0 Å². The summed E-state index contributed by atoms with van der Waals surface area (Å²) in [5.41, 5.74) is 0.971. The van der Waals surface area contributed by atoms with E-state index in [0.29, 0.717) is 6.04 Å². The van der Waals surface area contributed by atoms with Crippen molar-refractivity contribution in [1.82, 2.24) is 15.3 Å². The molecular formula is C12H20N4O. The highest BCUT2D eigenvalue weighted by Gasteiger charge is 2.29. The van der Waals surface area contributed by atoms with Crippen molar-refractivity contribution >= 4 is 5.82 Å². The summed E-state index contributed by atoms with van der Waals surface area (Å²) in [6.07, 6.45) is 6.21. The zero-order chi connectivity index (χ0) is 12.1. The van der Waals surface area contributed by atoms with Crippen molar-refractivity contribution in [3.63, 3.8) is 0 Å². The molecule has 0 radical (unpaired) electrons. The summed E-state index contributed by atoms with van der Waals surface area (Å²) in [4.78, 5) is 11.2. The third-order valence-electron chi connectivity index (χ3n) is 2.87. The van der Waals surface area contributed by atoms with Gasteiger partial charge < -0.3 is 15.0 Å². The van der Waals surface area contributed by atoms with Gasteiger partial charge in [-0.15, -0.1) is 0 Å². The summed E-state index contributed by atoms with van der Waals surface area (Å²) in [7, 11) is 3.64. The quantitative estimate of drug-likeness (QED) is 0.759. The van der Waals surface area contributed by atoms with Gasteiger partial charge >= 0.3 is 0 Å². The van der Waals surface area contributed by atoms with E-state index in [1.54, 1.807) is 7.11 Å². The normalized spacial score (nSPS) is 14.9. The third kappa shape index (κ3) is 3.38. The molecule has 0 bridgehead atoms. The van der Waals surface area contributed by atoms with E-state index in [1.165, 1.54) is 12.8 Å². The summed E-state index contributed by atoms with van der Waals surface area (Å²) in [5, 5.41) is 3.07.